The Kier molecular flexibility index (Phi) is 6.65. The van der Waals surface area contributed by atoms with Crippen LogP contribution in [-0.4, -0.2) is 39.6 Å². The molecule has 1 aromatic rings. The van der Waals surface area contributed by atoms with Gasteiger partial charge in [-0.1, -0.05) is 13.5 Å². The maximum atomic E-state index is 11.5. The van der Waals surface area contributed by atoms with Gasteiger partial charge in [0.25, 0.3) is 0 Å². The number of aryl methyl sites for hydroxylation is 1. The van der Waals surface area contributed by atoms with E-state index in [-0.39, 0.29) is 36.4 Å². The monoisotopic (exact) mass is 320 g/mol. The molecule has 0 fully saturated rings. The summed E-state index contributed by atoms with van der Waals surface area (Å²) in [6.07, 6.45) is 2.19. The molecule has 23 heavy (non-hydrogen) atoms. The van der Waals surface area contributed by atoms with Gasteiger partial charge in [0.05, 0.1) is 11.1 Å². The molecule has 6 heteroatoms. The molecule has 0 saturated carbocycles. The number of rotatable bonds is 9. The number of benzene rings is 1. The van der Waals surface area contributed by atoms with Crippen LogP contribution in [0.3, 0.4) is 0 Å². The molecule has 0 aliphatic heterocycles. The number of aliphatic hydroxyl groups is 1. The Labute approximate surface area is 134 Å². The fraction of sp³-hybridized carbons (Fsp3) is 0.353. The van der Waals surface area contributed by atoms with Crippen molar-refractivity contribution in [3.05, 3.63) is 46.5 Å². The van der Waals surface area contributed by atoms with Crippen molar-refractivity contribution in [2.75, 3.05) is 6.61 Å². The average Bonchev–Trinajstić information content (AvgIpc) is 2.51. The van der Waals surface area contributed by atoms with Crippen LogP contribution in [0, 0.1) is 0 Å². The molecule has 0 aliphatic rings. The van der Waals surface area contributed by atoms with Gasteiger partial charge in [0, 0.05) is 13.0 Å². The maximum Gasteiger partial charge on any atom is 0.336 e. The van der Waals surface area contributed by atoms with Gasteiger partial charge < -0.3 is 15.3 Å². The van der Waals surface area contributed by atoms with Gasteiger partial charge in [0.15, 0.2) is 5.78 Å². The minimum atomic E-state index is -1.35. The molecule has 0 atom stereocenters. The lowest BCUT2D eigenvalue weighted by Gasteiger charge is -2.18. The van der Waals surface area contributed by atoms with Crippen LogP contribution in [0.1, 0.15) is 50.8 Å². The summed E-state index contributed by atoms with van der Waals surface area (Å²) < 4.78 is 0. The molecule has 0 aliphatic carbocycles. The average molecular weight is 320 g/mol. The summed E-state index contributed by atoms with van der Waals surface area (Å²) in [5, 5.41) is 27.9. The van der Waals surface area contributed by atoms with Crippen molar-refractivity contribution in [2.45, 2.75) is 32.6 Å². The van der Waals surface area contributed by atoms with Gasteiger partial charge in [-0.05, 0) is 48.1 Å². The van der Waals surface area contributed by atoms with Crippen LogP contribution < -0.4 is 0 Å². The lowest BCUT2D eigenvalue weighted by molar-refractivity contribution is -0.114. The second-order valence-electron chi connectivity index (χ2n) is 5.02. The molecule has 3 N–H and O–H groups in total. The van der Waals surface area contributed by atoms with E-state index in [4.69, 9.17) is 0 Å². The lowest BCUT2D eigenvalue weighted by atomic mass is 9.86. The highest BCUT2D eigenvalue weighted by molar-refractivity contribution is 6.03. The Balaban J connectivity index is 3.57. The predicted octanol–water partition coefficient (Wildman–Crippen LogP) is 1.87. The Bertz CT molecular complexity index is 645. The van der Waals surface area contributed by atoms with Gasteiger partial charge in [0.1, 0.15) is 0 Å². The van der Waals surface area contributed by atoms with Crippen molar-refractivity contribution in [3.63, 3.8) is 0 Å². The number of allylic oxidation sites excluding steroid dienone is 1. The highest BCUT2D eigenvalue weighted by Gasteiger charge is 2.24. The highest BCUT2D eigenvalue weighted by atomic mass is 16.4. The number of carbonyl (C=O) groups excluding carboxylic acids is 1. The van der Waals surface area contributed by atoms with E-state index >= 15 is 0 Å². The molecule has 0 bridgehead atoms. The fourth-order valence-electron chi connectivity index (χ4n) is 2.66. The van der Waals surface area contributed by atoms with Gasteiger partial charge in [-0.3, -0.25) is 4.79 Å². The fourth-order valence-corrected chi connectivity index (χ4v) is 2.66. The minimum absolute atomic E-state index is 0.0499. The highest BCUT2D eigenvalue weighted by Crippen LogP contribution is 2.26. The molecule has 124 valence electrons. The second kappa shape index (κ2) is 8.24. The van der Waals surface area contributed by atoms with E-state index in [9.17, 15) is 29.7 Å². The van der Waals surface area contributed by atoms with Crippen molar-refractivity contribution in [1.82, 2.24) is 0 Å². The standard InChI is InChI=1S/C17H20O6/c1-3-11(19)6-5-10-9-14(16(20)21)15(17(22)23)13(7-8-18)12(10)4-2/h3,9,18H,1,4-8H2,2H3,(H,20,21)(H,22,23). The number of hydrogen-bond donors (Lipinski definition) is 3. The Morgan fingerprint density at radius 2 is 1.78 bits per heavy atom. The van der Waals surface area contributed by atoms with Crippen LogP contribution in [0.15, 0.2) is 18.7 Å². The van der Waals surface area contributed by atoms with Gasteiger partial charge in [-0.25, -0.2) is 9.59 Å². The van der Waals surface area contributed by atoms with Crippen molar-refractivity contribution in [3.8, 4) is 0 Å². The molecule has 0 saturated heterocycles. The number of carboxylic acids is 2. The molecular weight excluding hydrogens is 300 g/mol. The summed E-state index contributed by atoms with van der Waals surface area (Å²) in [7, 11) is 0. The number of ketones is 1. The van der Waals surface area contributed by atoms with Gasteiger partial charge in [-0.15, -0.1) is 0 Å². The topological polar surface area (TPSA) is 112 Å². The molecule has 0 radical (unpaired) electrons. The summed E-state index contributed by atoms with van der Waals surface area (Å²) in [4.78, 5) is 34.3. The molecule has 0 amide bonds. The third-order valence-corrected chi connectivity index (χ3v) is 3.67. The van der Waals surface area contributed by atoms with Gasteiger partial charge >= 0.3 is 11.9 Å². The SMILES string of the molecule is C=CC(=O)CCc1cc(C(=O)O)c(C(=O)O)c(CCO)c1CC. The first-order valence-electron chi connectivity index (χ1n) is 7.27. The zero-order valence-electron chi connectivity index (χ0n) is 13.0. The number of aliphatic hydroxyl groups excluding tert-OH is 1. The van der Waals surface area contributed by atoms with Crippen molar-refractivity contribution < 1.29 is 29.7 Å². The first kappa shape index (κ1) is 18.6. The van der Waals surface area contributed by atoms with Crippen LogP contribution in [0.4, 0.5) is 0 Å². The predicted molar refractivity (Wildman–Crippen MR) is 84.1 cm³/mol. The quantitative estimate of drug-likeness (QED) is 0.599. The molecule has 6 nitrogen and oxygen atoms in total. The van der Waals surface area contributed by atoms with E-state index < -0.39 is 11.9 Å². The van der Waals surface area contributed by atoms with Crippen molar-refractivity contribution >= 4 is 17.7 Å². The zero-order valence-corrected chi connectivity index (χ0v) is 13.0. The van der Waals surface area contributed by atoms with Crippen molar-refractivity contribution in [2.24, 2.45) is 0 Å². The van der Waals surface area contributed by atoms with Crippen molar-refractivity contribution in [1.29, 1.82) is 0 Å². The third-order valence-electron chi connectivity index (χ3n) is 3.67. The molecule has 1 rings (SSSR count). The van der Waals surface area contributed by atoms with E-state index in [1.807, 2.05) is 6.92 Å². The van der Waals surface area contributed by atoms with E-state index in [2.05, 4.69) is 6.58 Å². The molecule has 1 aromatic carbocycles. The Hall–Kier alpha value is -2.47. The molecule has 0 heterocycles. The van der Waals surface area contributed by atoms with Gasteiger partial charge in [-0.2, -0.15) is 0 Å². The van der Waals surface area contributed by atoms with E-state index in [1.165, 1.54) is 12.1 Å². The summed E-state index contributed by atoms with van der Waals surface area (Å²) in [5.74, 6) is -2.86. The van der Waals surface area contributed by atoms with Crippen LogP contribution in [0.2, 0.25) is 0 Å². The van der Waals surface area contributed by atoms with Gasteiger partial charge in [0.2, 0.25) is 0 Å². The first-order valence-corrected chi connectivity index (χ1v) is 7.27. The molecule has 0 unspecified atom stereocenters. The van der Waals surface area contributed by atoms with E-state index in [0.717, 1.165) is 0 Å². The largest absolute Gasteiger partial charge is 0.478 e. The van der Waals surface area contributed by atoms with Crippen LogP contribution in [-0.2, 0) is 24.1 Å². The molecule has 0 spiro atoms. The number of carboxylic acid groups (broad SMARTS) is 2. The summed E-state index contributed by atoms with van der Waals surface area (Å²) >= 11 is 0. The first-order chi connectivity index (χ1) is 10.9. The van der Waals surface area contributed by atoms with Crippen LogP contribution in [0.5, 0.6) is 0 Å². The van der Waals surface area contributed by atoms with Crippen LogP contribution in [0.25, 0.3) is 0 Å². The Morgan fingerprint density at radius 3 is 2.22 bits per heavy atom. The third kappa shape index (κ3) is 4.26. The summed E-state index contributed by atoms with van der Waals surface area (Å²) in [5.41, 5.74) is 1.01. The lowest BCUT2D eigenvalue weighted by Crippen LogP contribution is -2.17. The number of hydrogen-bond acceptors (Lipinski definition) is 4. The number of carbonyl (C=O) groups is 3. The van der Waals surface area contributed by atoms with E-state index in [0.29, 0.717) is 29.5 Å². The smallest absolute Gasteiger partial charge is 0.336 e. The second-order valence-corrected chi connectivity index (χ2v) is 5.02. The summed E-state index contributed by atoms with van der Waals surface area (Å²) in [6, 6.07) is 1.32. The van der Waals surface area contributed by atoms with E-state index in [1.54, 1.807) is 0 Å². The minimum Gasteiger partial charge on any atom is -0.478 e. The number of aromatic carboxylic acids is 2. The van der Waals surface area contributed by atoms with Crippen LogP contribution >= 0.6 is 0 Å². The maximum absolute atomic E-state index is 11.5. The zero-order chi connectivity index (χ0) is 17.6. The normalized spacial score (nSPS) is 10.3. The molecular formula is C17H20O6. The Morgan fingerprint density at radius 1 is 1.13 bits per heavy atom. The molecule has 0 aromatic heterocycles. The summed E-state index contributed by atoms with van der Waals surface area (Å²) in [6.45, 7) is 4.92.